The highest BCUT2D eigenvalue weighted by atomic mass is 16.2. The maximum Gasteiger partial charge on any atom is 0.222 e. The van der Waals surface area contributed by atoms with Crippen molar-refractivity contribution in [1.29, 1.82) is 0 Å². The van der Waals surface area contributed by atoms with Gasteiger partial charge in [0.2, 0.25) is 5.91 Å². The minimum absolute atomic E-state index is 0.294. The van der Waals surface area contributed by atoms with E-state index in [1.54, 1.807) is 0 Å². The van der Waals surface area contributed by atoms with Gasteiger partial charge < -0.3 is 15.5 Å². The fraction of sp³-hybridized carbons (Fsp3) is 0.846. The van der Waals surface area contributed by atoms with Gasteiger partial charge in [-0.25, -0.2) is 0 Å². The number of amides is 1. The second-order valence-corrected chi connectivity index (χ2v) is 5.13. The summed E-state index contributed by atoms with van der Waals surface area (Å²) in [6.45, 7) is 4.56. The fourth-order valence-electron chi connectivity index (χ4n) is 2.62. The van der Waals surface area contributed by atoms with E-state index in [2.05, 4.69) is 9.89 Å². The van der Waals surface area contributed by atoms with Gasteiger partial charge in [0.1, 0.15) is 0 Å². The monoisotopic (exact) mass is 252 g/mol. The van der Waals surface area contributed by atoms with Crippen LogP contribution in [0.3, 0.4) is 0 Å². The van der Waals surface area contributed by atoms with Gasteiger partial charge in [0, 0.05) is 39.1 Å². The minimum Gasteiger partial charge on any atom is -0.370 e. The Morgan fingerprint density at radius 2 is 1.94 bits per heavy atom. The number of aliphatic imine (C=N–C) groups is 1. The molecule has 0 bridgehead atoms. The molecule has 2 rings (SSSR count). The second-order valence-electron chi connectivity index (χ2n) is 5.13. The Labute approximate surface area is 109 Å². The first-order chi connectivity index (χ1) is 8.77. The van der Waals surface area contributed by atoms with E-state index in [9.17, 15) is 4.79 Å². The molecular weight excluding hydrogens is 228 g/mol. The first kappa shape index (κ1) is 13.2. The predicted octanol–water partition coefficient (Wildman–Crippen LogP) is 0.799. The summed E-state index contributed by atoms with van der Waals surface area (Å²) in [7, 11) is 0. The first-order valence-electron chi connectivity index (χ1n) is 7.10. The molecule has 2 aliphatic rings. The molecule has 2 heterocycles. The van der Waals surface area contributed by atoms with Gasteiger partial charge in [-0.2, -0.15) is 0 Å². The summed E-state index contributed by atoms with van der Waals surface area (Å²) in [4.78, 5) is 19.9. The van der Waals surface area contributed by atoms with Crippen LogP contribution < -0.4 is 5.73 Å². The van der Waals surface area contributed by atoms with E-state index in [0.717, 1.165) is 52.0 Å². The summed E-state index contributed by atoms with van der Waals surface area (Å²) in [6.07, 6.45) is 6.40. The van der Waals surface area contributed by atoms with Crippen LogP contribution in [-0.2, 0) is 4.79 Å². The average Bonchev–Trinajstić information content (AvgIpc) is 2.81. The molecule has 2 N–H and O–H groups in total. The van der Waals surface area contributed by atoms with Crippen molar-refractivity contribution in [3.8, 4) is 0 Å². The number of carbonyl (C=O) groups is 1. The normalized spacial score (nSPS) is 21.8. The van der Waals surface area contributed by atoms with Crippen LogP contribution in [-0.4, -0.2) is 54.4 Å². The van der Waals surface area contributed by atoms with Gasteiger partial charge in [0.25, 0.3) is 0 Å². The van der Waals surface area contributed by atoms with Crippen LogP contribution in [0, 0.1) is 0 Å². The Kier molecular flexibility index (Phi) is 4.84. The molecule has 2 aliphatic heterocycles. The Bertz CT molecular complexity index is 310. The van der Waals surface area contributed by atoms with Crippen LogP contribution in [0.1, 0.15) is 38.5 Å². The molecule has 0 saturated carbocycles. The molecule has 5 nitrogen and oxygen atoms in total. The lowest BCUT2D eigenvalue weighted by Gasteiger charge is -2.27. The molecule has 0 aromatic rings. The zero-order chi connectivity index (χ0) is 12.8. The van der Waals surface area contributed by atoms with Crippen molar-refractivity contribution in [3.05, 3.63) is 0 Å². The van der Waals surface area contributed by atoms with E-state index < -0.39 is 0 Å². The molecule has 18 heavy (non-hydrogen) atoms. The first-order valence-corrected chi connectivity index (χ1v) is 7.10. The number of nitrogens with two attached hydrogens (primary N) is 1. The van der Waals surface area contributed by atoms with Crippen molar-refractivity contribution >= 4 is 11.9 Å². The number of nitrogens with zero attached hydrogens (tertiary/aromatic N) is 3. The lowest BCUT2D eigenvalue weighted by Crippen LogP contribution is -2.41. The summed E-state index contributed by atoms with van der Waals surface area (Å²) in [5, 5.41) is 0. The molecule has 0 radical (unpaired) electrons. The number of carbonyl (C=O) groups excluding carboxylic acids is 1. The van der Waals surface area contributed by atoms with Gasteiger partial charge in [-0.3, -0.25) is 9.79 Å². The van der Waals surface area contributed by atoms with Crippen molar-refractivity contribution in [2.24, 2.45) is 10.7 Å². The van der Waals surface area contributed by atoms with Crippen LogP contribution in [0.15, 0.2) is 4.99 Å². The van der Waals surface area contributed by atoms with E-state index >= 15 is 0 Å². The van der Waals surface area contributed by atoms with Gasteiger partial charge in [0.15, 0.2) is 5.96 Å². The number of hydrogen-bond donors (Lipinski definition) is 1. The maximum atomic E-state index is 11.4. The zero-order valence-electron chi connectivity index (χ0n) is 11.1. The van der Waals surface area contributed by atoms with Crippen LogP contribution in [0.2, 0.25) is 0 Å². The van der Waals surface area contributed by atoms with Crippen LogP contribution in [0.25, 0.3) is 0 Å². The highest BCUT2D eigenvalue weighted by Crippen LogP contribution is 2.10. The molecule has 2 fully saturated rings. The predicted molar refractivity (Wildman–Crippen MR) is 72.3 cm³/mol. The highest BCUT2D eigenvalue weighted by Gasteiger charge is 2.19. The molecule has 2 saturated heterocycles. The molecule has 0 atom stereocenters. The van der Waals surface area contributed by atoms with E-state index in [0.29, 0.717) is 11.9 Å². The molecule has 5 heteroatoms. The number of rotatable bonds is 4. The van der Waals surface area contributed by atoms with Gasteiger partial charge in [-0.15, -0.1) is 0 Å². The quantitative estimate of drug-likeness (QED) is 0.457. The van der Waals surface area contributed by atoms with Crippen LogP contribution in [0.5, 0.6) is 0 Å². The molecule has 0 aliphatic carbocycles. The molecule has 0 spiro atoms. The third-order valence-corrected chi connectivity index (χ3v) is 3.71. The van der Waals surface area contributed by atoms with Gasteiger partial charge in [-0.05, 0) is 32.1 Å². The number of likely N-dealkylation sites (tertiary alicyclic amines) is 2. The largest absolute Gasteiger partial charge is 0.370 e. The van der Waals surface area contributed by atoms with E-state index in [1.807, 2.05) is 4.90 Å². The van der Waals surface area contributed by atoms with Crippen LogP contribution >= 0.6 is 0 Å². The molecular formula is C13H24N4O. The van der Waals surface area contributed by atoms with E-state index in [1.165, 1.54) is 19.3 Å². The summed E-state index contributed by atoms with van der Waals surface area (Å²) >= 11 is 0. The standard InChI is InChI=1S/C13H24N4O/c14-13(17-8-2-1-3-9-17)15-7-5-11-16-10-4-6-12(16)18/h1-11H2,(H2,14,15). The molecule has 0 unspecified atom stereocenters. The highest BCUT2D eigenvalue weighted by molar-refractivity contribution is 5.78. The lowest BCUT2D eigenvalue weighted by atomic mass is 10.1. The molecule has 1 amide bonds. The van der Waals surface area contributed by atoms with Crippen molar-refractivity contribution in [2.45, 2.75) is 38.5 Å². The van der Waals surface area contributed by atoms with Gasteiger partial charge in [-0.1, -0.05) is 0 Å². The Morgan fingerprint density at radius 3 is 2.61 bits per heavy atom. The van der Waals surface area contributed by atoms with Crippen LogP contribution in [0.4, 0.5) is 0 Å². The Balaban J connectivity index is 1.65. The Morgan fingerprint density at radius 1 is 1.17 bits per heavy atom. The van der Waals surface area contributed by atoms with E-state index in [4.69, 9.17) is 5.73 Å². The third kappa shape index (κ3) is 3.62. The number of guanidine groups is 1. The Hall–Kier alpha value is -1.26. The zero-order valence-corrected chi connectivity index (χ0v) is 11.1. The smallest absolute Gasteiger partial charge is 0.222 e. The van der Waals surface area contributed by atoms with Gasteiger partial charge >= 0.3 is 0 Å². The van der Waals surface area contributed by atoms with Crippen molar-refractivity contribution in [3.63, 3.8) is 0 Å². The number of piperidine rings is 1. The molecule has 102 valence electrons. The second kappa shape index (κ2) is 6.61. The molecule has 0 aromatic carbocycles. The summed E-state index contributed by atoms with van der Waals surface area (Å²) in [6, 6.07) is 0. The van der Waals surface area contributed by atoms with E-state index in [-0.39, 0.29) is 0 Å². The third-order valence-electron chi connectivity index (χ3n) is 3.71. The van der Waals surface area contributed by atoms with Gasteiger partial charge in [0.05, 0.1) is 0 Å². The van der Waals surface area contributed by atoms with Crippen molar-refractivity contribution in [1.82, 2.24) is 9.80 Å². The summed E-state index contributed by atoms with van der Waals surface area (Å²) < 4.78 is 0. The van der Waals surface area contributed by atoms with Crippen molar-refractivity contribution in [2.75, 3.05) is 32.7 Å². The minimum atomic E-state index is 0.294. The number of hydrogen-bond acceptors (Lipinski definition) is 2. The average molecular weight is 252 g/mol. The summed E-state index contributed by atoms with van der Waals surface area (Å²) in [5.74, 6) is 0.977. The molecule has 0 aromatic heterocycles. The fourth-order valence-corrected chi connectivity index (χ4v) is 2.62. The SMILES string of the molecule is NC(=NCCCN1CCCC1=O)N1CCCCC1. The van der Waals surface area contributed by atoms with Crippen molar-refractivity contribution < 1.29 is 4.79 Å². The maximum absolute atomic E-state index is 11.4. The summed E-state index contributed by atoms with van der Waals surface area (Å²) in [5.41, 5.74) is 5.97. The lowest BCUT2D eigenvalue weighted by molar-refractivity contribution is -0.127. The topological polar surface area (TPSA) is 61.9 Å².